The summed E-state index contributed by atoms with van der Waals surface area (Å²) >= 11 is 5.91. The topological polar surface area (TPSA) is 43.8 Å². The minimum Gasteiger partial charge on any atom is -0.506 e. The second-order valence-corrected chi connectivity index (χ2v) is 6.92. The first-order valence-electron chi connectivity index (χ1n) is 8.37. The Hall–Kier alpha value is -1.26. The molecule has 1 aromatic carbocycles. The molecule has 0 bridgehead atoms. The molecule has 0 aliphatic carbocycles. The van der Waals surface area contributed by atoms with Crippen molar-refractivity contribution in [3.63, 3.8) is 0 Å². The number of amides is 1. The SMILES string of the molecule is CCN1CC[C@H](N(C)C(=O)CCc2ccc(O)c(Cl)c2)[C@@H](C)C1. The fourth-order valence-electron chi connectivity index (χ4n) is 3.40. The van der Waals surface area contributed by atoms with Gasteiger partial charge in [0.2, 0.25) is 5.91 Å². The van der Waals surface area contributed by atoms with Gasteiger partial charge in [-0.15, -0.1) is 0 Å². The fourth-order valence-corrected chi connectivity index (χ4v) is 3.60. The van der Waals surface area contributed by atoms with E-state index in [-0.39, 0.29) is 11.7 Å². The number of aromatic hydroxyl groups is 1. The highest BCUT2D eigenvalue weighted by molar-refractivity contribution is 6.32. The first kappa shape index (κ1) is 18.1. The summed E-state index contributed by atoms with van der Waals surface area (Å²) in [6, 6.07) is 5.45. The van der Waals surface area contributed by atoms with Gasteiger partial charge in [0.05, 0.1) is 5.02 Å². The van der Waals surface area contributed by atoms with Crippen molar-refractivity contribution in [1.29, 1.82) is 0 Å². The van der Waals surface area contributed by atoms with Gasteiger partial charge in [-0.25, -0.2) is 0 Å². The molecule has 0 radical (unpaired) electrons. The van der Waals surface area contributed by atoms with Crippen LogP contribution in [0.1, 0.15) is 32.3 Å². The molecule has 0 saturated carbocycles. The minimum absolute atomic E-state index is 0.0790. The molecule has 1 N–H and O–H groups in total. The largest absolute Gasteiger partial charge is 0.506 e. The maximum Gasteiger partial charge on any atom is 0.222 e. The van der Waals surface area contributed by atoms with Gasteiger partial charge in [-0.2, -0.15) is 0 Å². The van der Waals surface area contributed by atoms with Crippen molar-refractivity contribution in [2.45, 2.75) is 39.2 Å². The minimum atomic E-state index is 0.0790. The van der Waals surface area contributed by atoms with E-state index in [2.05, 4.69) is 18.7 Å². The third-order valence-corrected chi connectivity index (χ3v) is 5.22. The van der Waals surface area contributed by atoms with Crippen LogP contribution in [0.4, 0.5) is 0 Å². The zero-order valence-corrected chi connectivity index (χ0v) is 15.0. The highest BCUT2D eigenvalue weighted by atomic mass is 35.5. The zero-order chi connectivity index (χ0) is 17.0. The molecule has 2 atom stereocenters. The number of halogens is 1. The Kier molecular flexibility index (Phi) is 6.31. The highest BCUT2D eigenvalue weighted by Gasteiger charge is 2.30. The van der Waals surface area contributed by atoms with Gasteiger partial charge in [0, 0.05) is 32.6 Å². The summed E-state index contributed by atoms with van der Waals surface area (Å²) in [6.07, 6.45) is 2.16. The van der Waals surface area contributed by atoms with Gasteiger partial charge in [-0.1, -0.05) is 31.5 Å². The number of nitrogens with zero attached hydrogens (tertiary/aromatic N) is 2. The van der Waals surface area contributed by atoms with Crippen LogP contribution in [0.15, 0.2) is 18.2 Å². The van der Waals surface area contributed by atoms with Crippen LogP contribution in [0, 0.1) is 5.92 Å². The Bertz CT molecular complexity index is 550. The Morgan fingerprint density at radius 3 is 2.83 bits per heavy atom. The van der Waals surface area contributed by atoms with Gasteiger partial charge in [0.1, 0.15) is 5.75 Å². The molecule has 1 saturated heterocycles. The van der Waals surface area contributed by atoms with Crippen LogP contribution in [0.2, 0.25) is 5.02 Å². The van der Waals surface area contributed by atoms with Gasteiger partial charge in [0.25, 0.3) is 0 Å². The quantitative estimate of drug-likeness (QED) is 0.896. The number of carbonyl (C=O) groups is 1. The molecule has 1 aliphatic heterocycles. The molecular weight excluding hydrogens is 312 g/mol. The van der Waals surface area contributed by atoms with Gasteiger partial charge < -0.3 is 14.9 Å². The number of carbonyl (C=O) groups excluding carboxylic acids is 1. The van der Waals surface area contributed by atoms with E-state index in [1.54, 1.807) is 12.1 Å². The van der Waals surface area contributed by atoms with Crippen molar-refractivity contribution in [1.82, 2.24) is 9.80 Å². The normalized spacial score (nSPS) is 22.1. The maximum atomic E-state index is 12.5. The van der Waals surface area contributed by atoms with Crippen LogP contribution >= 0.6 is 11.6 Å². The van der Waals surface area contributed by atoms with Crippen LogP contribution in [0.25, 0.3) is 0 Å². The monoisotopic (exact) mass is 338 g/mol. The summed E-state index contributed by atoms with van der Waals surface area (Å²) in [5.74, 6) is 0.757. The smallest absolute Gasteiger partial charge is 0.222 e. The maximum absolute atomic E-state index is 12.5. The molecule has 128 valence electrons. The van der Waals surface area contributed by atoms with E-state index in [1.165, 1.54) is 0 Å². The zero-order valence-electron chi connectivity index (χ0n) is 14.3. The van der Waals surface area contributed by atoms with E-state index in [0.29, 0.717) is 29.8 Å². The molecule has 1 aromatic rings. The van der Waals surface area contributed by atoms with E-state index in [1.807, 2.05) is 18.0 Å². The number of likely N-dealkylation sites (tertiary alicyclic amines) is 1. The van der Waals surface area contributed by atoms with Crippen LogP contribution in [0.3, 0.4) is 0 Å². The average molecular weight is 339 g/mol. The summed E-state index contributed by atoms with van der Waals surface area (Å²) < 4.78 is 0. The van der Waals surface area contributed by atoms with Crippen molar-refractivity contribution in [3.8, 4) is 5.75 Å². The standard InChI is InChI=1S/C18H27ClN2O2/c1-4-21-10-9-16(13(2)12-21)20(3)18(23)8-6-14-5-7-17(22)15(19)11-14/h5,7,11,13,16,22H,4,6,8-10,12H2,1-3H3/t13-,16-/m0/s1. The second-order valence-electron chi connectivity index (χ2n) is 6.52. The molecule has 0 unspecified atom stereocenters. The summed E-state index contributed by atoms with van der Waals surface area (Å²) in [7, 11) is 1.93. The van der Waals surface area contributed by atoms with E-state index in [4.69, 9.17) is 11.6 Å². The van der Waals surface area contributed by atoms with Crippen molar-refractivity contribution in [2.24, 2.45) is 5.92 Å². The molecule has 5 heteroatoms. The van der Waals surface area contributed by atoms with Crippen LogP contribution < -0.4 is 0 Å². The van der Waals surface area contributed by atoms with Crippen molar-refractivity contribution in [3.05, 3.63) is 28.8 Å². The van der Waals surface area contributed by atoms with Gasteiger partial charge in [0.15, 0.2) is 0 Å². The molecule has 0 aromatic heterocycles. The fraction of sp³-hybridized carbons (Fsp3) is 0.611. The van der Waals surface area contributed by atoms with Crippen LogP contribution in [0.5, 0.6) is 5.75 Å². The Morgan fingerprint density at radius 2 is 2.22 bits per heavy atom. The lowest BCUT2D eigenvalue weighted by molar-refractivity contribution is -0.134. The van der Waals surface area contributed by atoms with Gasteiger partial charge in [-0.05, 0) is 43.0 Å². The third kappa shape index (κ3) is 4.61. The first-order valence-corrected chi connectivity index (χ1v) is 8.75. The van der Waals surface area contributed by atoms with E-state index >= 15 is 0 Å². The van der Waals surface area contributed by atoms with Crippen molar-refractivity contribution >= 4 is 17.5 Å². The summed E-state index contributed by atoms with van der Waals surface area (Å²) in [6.45, 7) is 7.63. The third-order valence-electron chi connectivity index (χ3n) is 4.92. The van der Waals surface area contributed by atoms with Crippen molar-refractivity contribution in [2.75, 3.05) is 26.7 Å². The predicted molar refractivity (Wildman–Crippen MR) is 93.9 cm³/mol. The first-order chi connectivity index (χ1) is 10.9. The molecule has 1 amide bonds. The van der Waals surface area contributed by atoms with Gasteiger partial charge in [-0.3, -0.25) is 4.79 Å². The number of aryl methyl sites for hydroxylation is 1. The van der Waals surface area contributed by atoms with Crippen molar-refractivity contribution < 1.29 is 9.90 Å². The highest BCUT2D eigenvalue weighted by Crippen LogP contribution is 2.25. The average Bonchev–Trinajstić information content (AvgIpc) is 2.54. The number of hydrogen-bond acceptors (Lipinski definition) is 3. The van der Waals surface area contributed by atoms with E-state index in [9.17, 15) is 9.90 Å². The summed E-state index contributed by atoms with van der Waals surface area (Å²) in [5, 5.41) is 9.78. The predicted octanol–water partition coefficient (Wildman–Crippen LogP) is 3.17. The lowest BCUT2D eigenvalue weighted by atomic mass is 9.92. The Balaban J connectivity index is 1.88. The number of hydrogen-bond donors (Lipinski definition) is 1. The van der Waals surface area contributed by atoms with Gasteiger partial charge >= 0.3 is 0 Å². The summed E-state index contributed by atoms with van der Waals surface area (Å²) in [5.41, 5.74) is 0.975. The second kappa shape index (κ2) is 8.02. The number of phenolic OH excluding ortho intramolecular Hbond substituents is 1. The number of phenols is 1. The van der Waals surface area contributed by atoms with E-state index in [0.717, 1.165) is 31.6 Å². The molecule has 0 spiro atoms. The van der Waals surface area contributed by atoms with Crippen LogP contribution in [-0.4, -0.2) is 53.5 Å². The Labute approximate surface area is 144 Å². The number of piperidine rings is 1. The Morgan fingerprint density at radius 1 is 1.48 bits per heavy atom. The number of rotatable bonds is 5. The molecular formula is C18H27ClN2O2. The molecule has 4 nitrogen and oxygen atoms in total. The lowest BCUT2D eigenvalue weighted by Gasteiger charge is -2.41. The summed E-state index contributed by atoms with van der Waals surface area (Å²) in [4.78, 5) is 16.9. The molecule has 23 heavy (non-hydrogen) atoms. The molecule has 2 rings (SSSR count). The van der Waals surface area contributed by atoms with Crippen LogP contribution in [-0.2, 0) is 11.2 Å². The lowest BCUT2D eigenvalue weighted by Crippen LogP contribution is -2.50. The van der Waals surface area contributed by atoms with E-state index < -0.39 is 0 Å². The molecule has 1 heterocycles. The molecule has 1 fully saturated rings. The number of benzene rings is 1. The molecule has 1 aliphatic rings.